The molecule has 1 aliphatic heterocycles. The van der Waals surface area contributed by atoms with Gasteiger partial charge in [-0.25, -0.2) is 13.4 Å². The minimum atomic E-state index is -3.57. The number of rotatable bonds is 10. The van der Waals surface area contributed by atoms with Crippen LogP contribution in [0.15, 0.2) is 47.4 Å². The highest BCUT2D eigenvalue weighted by atomic mass is 35.5. The van der Waals surface area contributed by atoms with Gasteiger partial charge in [0.2, 0.25) is 10.0 Å². The van der Waals surface area contributed by atoms with Crippen molar-refractivity contribution in [2.75, 3.05) is 51.8 Å². The minimum Gasteiger partial charge on any atom is -0.492 e. The Hall–Kier alpha value is -2.24. The Morgan fingerprint density at radius 3 is 2.34 bits per heavy atom. The Bertz CT molecular complexity index is 1300. The summed E-state index contributed by atoms with van der Waals surface area (Å²) in [6, 6.07) is 12.1. The van der Waals surface area contributed by atoms with Gasteiger partial charge in [-0.3, -0.25) is 9.69 Å². The first-order valence-electron chi connectivity index (χ1n) is 12.9. The average molecular weight is 581 g/mol. The predicted octanol–water partition coefficient (Wildman–Crippen LogP) is 5.28. The quantitative estimate of drug-likeness (QED) is 0.324. The zero-order chi connectivity index (χ0) is 26.4. The number of ether oxygens (including phenoxy) is 1. The maximum atomic E-state index is 13.7. The molecule has 1 fully saturated rings. The van der Waals surface area contributed by atoms with Crippen LogP contribution < -0.4 is 9.64 Å². The van der Waals surface area contributed by atoms with Crippen LogP contribution in [0.5, 0.6) is 5.75 Å². The highest BCUT2D eigenvalue weighted by Gasteiger charge is 2.27. The van der Waals surface area contributed by atoms with E-state index in [0.29, 0.717) is 42.7 Å². The molecule has 38 heavy (non-hydrogen) atoms. The number of sulfonamides is 1. The van der Waals surface area contributed by atoms with Crippen LogP contribution in [0.4, 0.5) is 5.13 Å². The van der Waals surface area contributed by atoms with Crippen LogP contribution in [-0.4, -0.2) is 75.4 Å². The monoisotopic (exact) mass is 580 g/mol. The molecule has 0 spiro atoms. The third-order valence-electron chi connectivity index (χ3n) is 6.44. The Morgan fingerprint density at radius 2 is 1.71 bits per heavy atom. The molecule has 0 unspecified atom stereocenters. The zero-order valence-electron chi connectivity index (χ0n) is 22.3. The lowest BCUT2D eigenvalue weighted by Crippen LogP contribution is -2.34. The summed E-state index contributed by atoms with van der Waals surface area (Å²) in [5.41, 5.74) is 1.18. The molecule has 1 aliphatic rings. The van der Waals surface area contributed by atoms with Gasteiger partial charge >= 0.3 is 0 Å². The van der Waals surface area contributed by atoms with Crippen molar-refractivity contribution in [1.29, 1.82) is 0 Å². The van der Waals surface area contributed by atoms with Crippen molar-refractivity contribution >= 4 is 55.0 Å². The lowest BCUT2D eigenvalue weighted by Gasteiger charge is -2.22. The van der Waals surface area contributed by atoms with Crippen LogP contribution in [-0.2, 0) is 10.0 Å². The van der Waals surface area contributed by atoms with Gasteiger partial charge in [0, 0.05) is 25.2 Å². The van der Waals surface area contributed by atoms with Crippen molar-refractivity contribution in [2.45, 2.75) is 43.9 Å². The summed E-state index contributed by atoms with van der Waals surface area (Å²) < 4.78 is 34.6. The second-order valence-electron chi connectivity index (χ2n) is 9.49. The normalized spacial score (nSPS) is 14.7. The van der Waals surface area contributed by atoms with E-state index in [1.54, 1.807) is 33.5 Å². The molecule has 0 bridgehead atoms. The molecule has 1 aromatic heterocycles. The van der Waals surface area contributed by atoms with Gasteiger partial charge in [0.1, 0.15) is 11.3 Å². The van der Waals surface area contributed by atoms with Gasteiger partial charge in [-0.05, 0) is 83.2 Å². The molecule has 2 heterocycles. The van der Waals surface area contributed by atoms with Crippen molar-refractivity contribution in [3.05, 3.63) is 48.0 Å². The number of halogens is 1. The Labute approximate surface area is 236 Å². The number of carbonyl (C=O) groups is 1. The van der Waals surface area contributed by atoms with E-state index < -0.39 is 10.0 Å². The molecule has 208 valence electrons. The molecule has 11 heteroatoms. The fraction of sp³-hybridized carbons (Fsp3) is 0.481. The summed E-state index contributed by atoms with van der Waals surface area (Å²) in [5.74, 6) is 0.501. The molecular formula is C27H37ClN4O4S2. The zero-order valence-corrected chi connectivity index (χ0v) is 24.7. The maximum Gasteiger partial charge on any atom is 0.260 e. The number of benzene rings is 2. The van der Waals surface area contributed by atoms with Gasteiger partial charge in [0.25, 0.3) is 5.91 Å². The van der Waals surface area contributed by atoms with Gasteiger partial charge in [-0.2, -0.15) is 4.31 Å². The summed E-state index contributed by atoms with van der Waals surface area (Å²) in [6.45, 7) is 4.87. The third kappa shape index (κ3) is 7.04. The number of anilines is 1. The largest absolute Gasteiger partial charge is 0.492 e. The summed E-state index contributed by atoms with van der Waals surface area (Å²) in [7, 11) is 0.431. The molecule has 3 aromatic rings. The van der Waals surface area contributed by atoms with Crippen molar-refractivity contribution in [1.82, 2.24) is 14.2 Å². The van der Waals surface area contributed by atoms with Gasteiger partial charge < -0.3 is 9.64 Å². The molecule has 2 aromatic carbocycles. The lowest BCUT2D eigenvalue weighted by atomic mass is 10.2. The number of nitrogens with zero attached hydrogens (tertiary/aromatic N) is 4. The van der Waals surface area contributed by atoms with Gasteiger partial charge in [-0.15, -0.1) is 12.4 Å². The fourth-order valence-electron chi connectivity index (χ4n) is 4.48. The molecule has 1 saturated heterocycles. The first kappa shape index (κ1) is 30.3. The first-order chi connectivity index (χ1) is 17.8. The fourth-order valence-corrected chi connectivity index (χ4v) is 7.01. The maximum absolute atomic E-state index is 13.7. The third-order valence-corrected chi connectivity index (χ3v) is 9.39. The van der Waals surface area contributed by atoms with Crippen molar-refractivity contribution < 1.29 is 17.9 Å². The molecule has 0 aliphatic carbocycles. The molecule has 4 rings (SSSR count). The summed E-state index contributed by atoms with van der Waals surface area (Å²) >= 11 is 1.45. The number of amides is 1. The highest BCUT2D eigenvalue weighted by Crippen LogP contribution is 2.35. The van der Waals surface area contributed by atoms with E-state index in [-0.39, 0.29) is 23.2 Å². The number of thiazole rings is 1. The second-order valence-corrected chi connectivity index (χ2v) is 12.4. The number of para-hydroxylation sites is 1. The first-order valence-corrected chi connectivity index (χ1v) is 15.2. The molecule has 1 amide bonds. The van der Waals surface area contributed by atoms with Gasteiger partial charge in [-0.1, -0.05) is 30.2 Å². The van der Waals surface area contributed by atoms with E-state index in [1.165, 1.54) is 11.3 Å². The van der Waals surface area contributed by atoms with Crippen molar-refractivity contribution in [3.8, 4) is 5.75 Å². The van der Waals surface area contributed by atoms with E-state index in [9.17, 15) is 13.2 Å². The molecule has 8 nitrogen and oxygen atoms in total. The number of hydrogen-bond donors (Lipinski definition) is 0. The lowest BCUT2D eigenvalue weighted by molar-refractivity contribution is 0.0986. The van der Waals surface area contributed by atoms with Crippen LogP contribution in [0.3, 0.4) is 0 Å². The second kappa shape index (κ2) is 13.7. The Kier molecular flexibility index (Phi) is 10.9. The molecular weight excluding hydrogens is 544 g/mol. The van der Waals surface area contributed by atoms with Gasteiger partial charge in [0.05, 0.1) is 16.2 Å². The van der Waals surface area contributed by atoms with Crippen molar-refractivity contribution in [2.24, 2.45) is 0 Å². The van der Waals surface area contributed by atoms with E-state index in [1.807, 2.05) is 39.2 Å². The SMILES string of the molecule is CCOc1cccc2sc(N(CCCN(C)C)C(=O)c3ccc(S(=O)(=O)N4CCCCCC4)cc3)nc12.Cl. The van der Waals surface area contributed by atoms with Gasteiger partial charge in [0.15, 0.2) is 5.13 Å². The van der Waals surface area contributed by atoms with Crippen LogP contribution in [0.25, 0.3) is 10.2 Å². The van der Waals surface area contributed by atoms with Crippen LogP contribution in [0.1, 0.15) is 49.4 Å². The number of fused-ring (bicyclic) bond motifs is 1. The Morgan fingerprint density at radius 1 is 1.03 bits per heavy atom. The number of aromatic nitrogens is 1. The summed E-state index contributed by atoms with van der Waals surface area (Å²) in [4.78, 5) is 22.5. The van der Waals surface area contributed by atoms with Crippen LogP contribution in [0.2, 0.25) is 0 Å². The van der Waals surface area contributed by atoms with E-state index >= 15 is 0 Å². The van der Waals surface area contributed by atoms with E-state index in [4.69, 9.17) is 9.72 Å². The summed E-state index contributed by atoms with van der Waals surface area (Å²) in [5, 5.41) is 0.604. The van der Waals surface area contributed by atoms with E-state index in [0.717, 1.165) is 48.9 Å². The average Bonchev–Trinajstić information content (AvgIpc) is 3.12. The topological polar surface area (TPSA) is 83.0 Å². The summed E-state index contributed by atoms with van der Waals surface area (Å²) in [6.07, 6.45) is 4.64. The number of carbonyl (C=O) groups excluding carboxylic acids is 1. The molecule has 0 atom stereocenters. The highest BCUT2D eigenvalue weighted by molar-refractivity contribution is 7.89. The van der Waals surface area contributed by atoms with Crippen LogP contribution in [0, 0.1) is 0 Å². The predicted molar refractivity (Wildman–Crippen MR) is 157 cm³/mol. The minimum absolute atomic E-state index is 0. The van der Waals surface area contributed by atoms with Crippen LogP contribution >= 0.6 is 23.7 Å². The smallest absolute Gasteiger partial charge is 0.260 e. The number of hydrogen-bond acceptors (Lipinski definition) is 7. The molecule has 0 radical (unpaired) electrons. The molecule has 0 N–H and O–H groups in total. The standard InChI is InChI=1S/C27H36N4O4S2.ClH/c1-4-35-23-11-9-12-24-25(23)28-27(36-24)31(20-10-17-29(2)3)26(32)21-13-15-22(16-14-21)37(33,34)30-18-7-5-6-8-19-30;/h9,11-16H,4-8,10,17-20H2,1-3H3;1H. The Balaban J connectivity index is 0.00000400. The van der Waals surface area contributed by atoms with Crippen molar-refractivity contribution in [3.63, 3.8) is 0 Å². The molecule has 0 saturated carbocycles. The van der Waals surface area contributed by atoms with E-state index in [2.05, 4.69) is 4.90 Å².